The highest BCUT2D eigenvalue weighted by atomic mass is 32.2. The van der Waals surface area contributed by atoms with E-state index in [0.717, 1.165) is 29.2 Å². The van der Waals surface area contributed by atoms with Crippen LogP contribution in [-0.2, 0) is 4.74 Å². The summed E-state index contributed by atoms with van der Waals surface area (Å²) in [5.74, 6) is -1.08. The van der Waals surface area contributed by atoms with E-state index in [1.54, 1.807) is 0 Å². The average Bonchev–Trinajstić information content (AvgIpc) is 3.05. The molecule has 1 aromatic carbocycles. The van der Waals surface area contributed by atoms with E-state index in [9.17, 15) is 22.8 Å². The number of nitrogens with zero attached hydrogens (tertiary/aromatic N) is 4. The monoisotopic (exact) mass is 390 g/mol. The second-order valence-corrected chi connectivity index (χ2v) is 6.91. The van der Waals surface area contributed by atoms with Crippen molar-refractivity contribution in [2.24, 2.45) is 0 Å². The Hall–Kier alpha value is -2.34. The Morgan fingerprint density at radius 1 is 1.40 bits per heavy atom. The molecular formula is C13H9F3N4O3S2. The van der Waals surface area contributed by atoms with Gasteiger partial charge >= 0.3 is 17.5 Å². The highest BCUT2D eigenvalue weighted by molar-refractivity contribution is 8.14. The van der Waals surface area contributed by atoms with Crippen LogP contribution in [0.1, 0.15) is 12.4 Å². The Bertz CT molecular complexity index is 1030. The summed E-state index contributed by atoms with van der Waals surface area (Å²) in [5, 5.41) is 3.10. The van der Waals surface area contributed by atoms with Crippen LogP contribution in [0.25, 0.3) is 15.9 Å². The predicted molar refractivity (Wildman–Crippen MR) is 85.2 cm³/mol. The molecule has 25 heavy (non-hydrogen) atoms. The van der Waals surface area contributed by atoms with Gasteiger partial charge in [0.2, 0.25) is 0 Å². The summed E-state index contributed by atoms with van der Waals surface area (Å²) in [6.07, 6.45) is 0. The molecule has 12 heteroatoms. The van der Waals surface area contributed by atoms with Crippen molar-refractivity contribution in [2.45, 2.75) is 17.8 Å². The van der Waals surface area contributed by atoms with Crippen LogP contribution in [0, 0.1) is 12.7 Å². The Morgan fingerprint density at radius 2 is 2.12 bits per heavy atom. The lowest BCUT2D eigenvalue weighted by molar-refractivity contribution is 0.0640. The quantitative estimate of drug-likeness (QED) is 0.504. The standard InChI is InChI=1S/C13H9F3N4O3S2/c1-5-18-20(12(21)19(5)10(15)16)8-4-7-9(3-6(8)14)24-11(17-7)25-13(22)23-2/h3-4,10H,1-2H3. The Balaban J connectivity index is 2.12. The first kappa shape index (κ1) is 17.5. The smallest absolute Gasteiger partial charge is 0.374 e. The number of aryl methyl sites for hydroxylation is 1. The van der Waals surface area contributed by atoms with E-state index in [4.69, 9.17) is 0 Å². The Morgan fingerprint density at radius 3 is 2.72 bits per heavy atom. The van der Waals surface area contributed by atoms with Gasteiger partial charge in [0.15, 0.2) is 10.2 Å². The molecule has 0 unspecified atom stereocenters. The van der Waals surface area contributed by atoms with Gasteiger partial charge in [-0.1, -0.05) is 0 Å². The lowest BCUT2D eigenvalue weighted by Crippen LogP contribution is -2.25. The molecule has 0 bridgehead atoms. The van der Waals surface area contributed by atoms with Crippen molar-refractivity contribution in [3.63, 3.8) is 0 Å². The molecule has 0 aliphatic rings. The predicted octanol–water partition coefficient (Wildman–Crippen LogP) is 3.34. The fourth-order valence-corrected chi connectivity index (χ4v) is 3.81. The number of carbonyl (C=O) groups excluding carboxylic acids is 1. The maximum atomic E-state index is 14.3. The van der Waals surface area contributed by atoms with Crippen molar-refractivity contribution in [1.29, 1.82) is 0 Å². The van der Waals surface area contributed by atoms with E-state index >= 15 is 0 Å². The molecular weight excluding hydrogens is 381 g/mol. The highest BCUT2D eigenvalue weighted by Crippen LogP contribution is 2.32. The normalized spacial score (nSPS) is 11.4. The molecule has 0 atom stereocenters. The van der Waals surface area contributed by atoms with E-state index < -0.39 is 23.4 Å². The first-order chi connectivity index (χ1) is 11.8. The Kier molecular flexibility index (Phi) is 4.56. The van der Waals surface area contributed by atoms with Crippen LogP contribution in [0.2, 0.25) is 0 Å². The Labute approximate surface area is 146 Å². The summed E-state index contributed by atoms with van der Waals surface area (Å²) < 4.78 is 46.1. The van der Waals surface area contributed by atoms with E-state index in [1.807, 2.05) is 0 Å². The van der Waals surface area contributed by atoms with Crippen molar-refractivity contribution in [3.8, 4) is 5.69 Å². The minimum atomic E-state index is -3.09. The number of methoxy groups -OCH3 is 1. The fourth-order valence-electron chi connectivity index (χ4n) is 2.09. The number of rotatable bonds is 3. The van der Waals surface area contributed by atoms with Gasteiger partial charge in [0.25, 0.3) is 0 Å². The van der Waals surface area contributed by atoms with Gasteiger partial charge in [-0.3, -0.25) is 0 Å². The molecule has 3 rings (SSSR count). The van der Waals surface area contributed by atoms with Crippen molar-refractivity contribution >= 4 is 38.6 Å². The number of ether oxygens (including phenoxy) is 1. The number of thiazole rings is 1. The summed E-state index contributed by atoms with van der Waals surface area (Å²) in [6.45, 7) is -1.87. The van der Waals surface area contributed by atoms with Gasteiger partial charge in [-0.25, -0.2) is 23.5 Å². The van der Waals surface area contributed by atoms with Crippen molar-refractivity contribution in [2.75, 3.05) is 7.11 Å². The third kappa shape index (κ3) is 3.14. The minimum Gasteiger partial charge on any atom is -0.461 e. The number of benzene rings is 1. The van der Waals surface area contributed by atoms with Crippen LogP contribution in [-0.4, -0.2) is 31.7 Å². The van der Waals surface area contributed by atoms with E-state index in [1.165, 1.54) is 20.1 Å². The molecule has 132 valence electrons. The first-order valence-electron chi connectivity index (χ1n) is 6.64. The number of hydrogen-bond donors (Lipinski definition) is 0. The number of halogens is 3. The third-order valence-corrected chi connectivity index (χ3v) is 5.09. The maximum Gasteiger partial charge on any atom is 0.374 e. The van der Waals surface area contributed by atoms with E-state index in [0.29, 0.717) is 19.2 Å². The summed E-state index contributed by atoms with van der Waals surface area (Å²) in [6, 6.07) is 2.32. The lowest BCUT2D eigenvalue weighted by Gasteiger charge is -2.01. The summed E-state index contributed by atoms with van der Waals surface area (Å²) >= 11 is 1.78. The van der Waals surface area contributed by atoms with Crippen LogP contribution in [0.5, 0.6) is 0 Å². The summed E-state index contributed by atoms with van der Waals surface area (Å²) in [5.41, 5.74) is -1.17. The van der Waals surface area contributed by atoms with Crippen LogP contribution >= 0.6 is 23.1 Å². The zero-order valence-corrected chi connectivity index (χ0v) is 14.3. The molecule has 0 saturated heterocycles. The molecule has 0 aliphatic heterocycles. The number of carbonyl (C=O) groups is 1. The van der Waals surface area contributed by atoms with Gasteiger partial charge in [0.1, 0.15) is 11.5 Å². The van der Waals surface area contributed by atoms with Crippen LogP contribution < -0.4 is 5.69 Å². The molecule has 0 radical (unpaired) electrons. The molecule has 7 nitrogen and oxygen atoms in total. The average molecular weight is 390 g/mol. The maximum absolute atomic E-state index is 14.3. The summed E-state index contributed by atoms with van der Waals surface area (Å²) in [4.78, 5) is 27.4. The minimum absolute atomic E-state index is 0.156. The van der Waals surface area contributed by atoms with Gasteiger partial charge < -0.3 is 4.74 Å². The van der Waals surface area contributed by atoms with Gasteiger partial charge in [-0.15, -0.1) is 16.4 Å². The topological polar surface area (TPSA) is 79.0 Å². The second-order valence-electron chi connectivity index (χ2n) is 4.70. The molecule has 0 aliphatic carbocycles. The van der Waals surface area contributed by atoms with Crippen LogP contribution in [0.15, 0.2) is 21.3 Å². The molecule has 0 fully saturated rings. The van der Waals surface area contributed by atoms with E-state index in [-0.39, 0.29) is 16.1 Å². The zero-order chi connectivity index (χ0) is 18.3. The number of aromatic nitrogens is 4. The third-order valence-electron chi connectivity index (χ3n) is 3.18. The van der Waals surface area contributed by atoms with E-state index in [2.05, 4.69) is 14.8 Å². The summed E-state index contributed by atoms with van der Waals surface area (Å²) in [7, 11) is 1.22. The van der Waals surface area contributed by atoms with Crippen LogP contribution in [0.3, 0.4) is 0 Å². The first-order valence-corrected chi connectivity index (χ1v) is 8.27. The van der Waals surface area contributed by atoms with Gasteiger partial charge in [-0.05, 0) is 19.1 Å². The largest absolute Gasteiger partial charge is 0.461 e. The fraction of sp³-hybridized carbons (Fsp3) is 0.231. The lowest BCUT2D eigenvalue weighted by atomic mass is 10.3. The molecule has 0 N–H and O–H groups in total. The number of alkyl halides is 2. The van der Waals surface area contributed by atoms with Gasteiger partial charge in [0, 0.05) is 11.8 Å². The van der Waals surface area contributed by atoms with Crippen LogP contribution in [0.4, 0.5) is 18.0 Å². The number of fused-ring (bicyclic) bond motifs is 1. The highest BCUT2D eigenvalue weighted by Gasteiger charge is 2.21. The molecule has 0 amide bonds. The molecule has 2 heterocycles. The zero-order valence-electron chi connectivity index (χ0n) is 12.7. The SMILES string of the molecule is COC(=O)Sc1nc2cc(-n3nc(C)n(C(F)F)c3=O)c(F)cc2s1. The molecule has 0 saturated carbocycles. The second kappa shape index (κ2) is 6.52. The van der Waals surface area contributed by atoms with Crippen molar-refractivity contribution in [3.05, 3.63) is 34.3 Å². The molecule has 2 aromatic heterocycles. The van der Waals surface area contributed by atoms with Crippen molar-refractivity contribution in [1.82, 2.24) is 19.3 Å². The molecule has 0 spiro atoms. The number of thioether (sulfide) groups is 1. The van der Waals surface area contributed by atoms with Gasteiger partial charge in [0.05, 0.1) is 17.3 Å². The van der Waals surface area contributed by atoms with Gasteiger partial charge in [-0.2, -0.15) is 13.5 Å². The number of hydrogen-bond acceptors (Lipinski definition) is 7. The van der Waals surface area contributed by atoms with Crippen molar-refractivity contribution < 1.29 is 22.7 Å². The molecule has 3 aromatic rings.